The quantitative estimate of drug-likeness (QED) is 0.904. The topological polar surface area (TPSA) is 99.1 Å². The Morgan fingerprint density at radius 2 is 1.78 bits per heavy atom. The van der Waals surface area contributed by atoms with Crippen molar-refractivity contribution in [3.8, 4) is 11.5 Å². The van der Waals surface area contributed by atoms with E-state index < -0.39 is 15.1 Å². The van der Waals surface area contributed by atoms with Gasteiger partial charge >= 0.3 is 6.01 Å². The smallest absolute Gasteiger partial charge is 0.313 e. The van der Waals surface area contributed by atoms with Crippen molar-refractivity contribution in [2.24, 2.45) is 0 Å². The molecule has 0 spiro atoms. The van der Waals surface area contributed by atoms with Crippen molar-refractivity contribution >= 4 is 15.9 Å². The Morgan fingerprint density at radius 3 is 2.22 bits per heavy atom. The molecule has 0 saturated carbocycles. The summed E-state index contributed by atoms with van der Waals surface area (Å²) in [5, 5.41) is 6.80. The third-order valence-electron chi connectivity index (χ3n) is 2.49. The molecule has 0 aliphatic rings. The molecule has 0 unspecified atom stereocenters. The van der Waals surface area contributed by atoms with Crippen LogP contribution in [0.15, 0.2) is 33.6 Å². The van der Waals surface area contributed by atoms with Gasteiger partial charge in [0.25, 0.3) is 0 Å². The van der Waals surface area contributed by atoms with Gasteiger partial charge in [-0.1, -0.05) is 5.10 Å². The van der Waals surface area contributed by atoms with Gasteiger partial charge in [-0.2, -0.15) is 0 Å². The predicted molar refractivity (Wildman–Crippen MR) is 66.5 cm³/mol. The highest BCUT2D eigenvalue weighted by molar-refractivity contribution is 7.92. The molecule has 0 bridgehead atoms. The van der Waals surface area contributed by atoms with Gasteiger partial charge in [0.15, 0.2) is 9.84 Å². The van der Waals surface area contributed by atoms with E-state index in [0.717, 1.165) is 0 Å². The molecule has 1 aromatic heterocycles. The first-order chi connectivity index (χ1) is 8.41. The standard InChI is InChI=1S/C11H13N3O3S/c1-7(2)18(15,16)9-5-3-8(4-6-9)10-13-14-11(12)17-10/h3-7H,1-2H3,(H2,12,14). The number of nitrogens with zero attached hydrogens (tertiary/aromatic N) is 2. The summed E-state index contributed by atoms with van der Waals surface area (Å²) in [4.78, 5) is 0.272. The monoisotopic (exact) mass is 267 g/mol. The van der Waals surface area contributed by atoms with Gasteiger partial charge in [0.05, 0.1) is 10.1 Å². The summed E-state index contributed by atoms with van der Waals surface area (Å²) < 4.78 is 28.9. The van der Waals surface area contributed by atoms with E-state index in [-0.39, 0.29) is 16.8 Å². The molecule has 96 valence electrons. The molecule has 0 aliphatic heterocycles. The van der Waals surface area contributed by atoms with Gasteiger partial charge in [-0.25, -0.2) is 8.42 Å². The van der Waals surface area contributed by atoms with Crippen molar-refractivity contribution in [1.82, 2.24) is 10.2 Å². The molecule has 6 nitrogen and oxygen atoms in total. The Kier molecular flexibility index (Phi) is 3.08. The SMILES string of the molecule is CC(C)S(=O)(=O)c1ccc(-c2nnc(N)o2)cc1. The van der Waals surface area contributed by atoms with Crippen molar-refractivity contribution in [2.75, 3.05) is 5.73 Å². The summed E-state index contributed by atoms with van der Waals surface area (Å²) in [6, 6.07) is 6.24. The Bertz CT molecular complexity index is 644. The molecule has 0 saturated heterocycles. The Labute approximate surface area is 105 Å². The predicted octanol–water partition coefficient (Wildman–Crippen LogP) is 1.50. The fourth-order valence-corrected chi connectivity index (χ4v) is 2.47. The number of nitrogen functional groups attached to an aromatic ring is 1. The number of nitrogens with two attached hydrogens (primary N) is 1. The van der Waals surface area contributed by atoms with E-state index in [1.807, 2.05) is 0 Å². The maximum Gasteiger partial charge on any atom is 0.313 e. The summed E-state index contributed by atoms with van der Waals surface area (Å²) in [6.45, 7) is 3.28. The summed E-state index contributed by atoms with van der Waals surface area (Å²) in [5.74, 6) is 0.265. The van der Waals surface area contributed by atoms with E-state index in [1.54, 1.807) is 26.0 Å². The third kappa shape index (κ3) is 2.21. The maximum absolute atomic E-state index is 11.9. The number of sulfone groups is 1. The van der Waals surface area contributed by atoms with Gasteiger partial charge in [0.2, 0.25) is 5.89 Å². The second kappa shape index (κ2) is 4.41. The zero-order chi connectivity index (χ0) is 13.3. The van der Waals surface area contributed by atoms with Crippen molar-refractivity contribution in [1.29, 1.82) is 0 Å². The minimum Gasteiger partial charge on any atom is -0.404 e. The van der Waals surface area contributed by atoms with Crippen LogP contribution in [0.2, 0.25) is 0 Å². The second-order valence-corrected chi connectivity index (χ2v) is 6.57. The van der Waals surface area contributed by atoms with Crippen molar-refractivity contribution < 1.29 is 12.8 Å². The highest BCUT2D eigenvalue weighted by Crippen LogP contribution is 2.22. The lowest BCUT2D eigenvalue weighted by atomic mass is 10.2. The first-order valence-corrected chi connectivity index (χ1v) is 6.89. The molecule has 0 amide bonds. The summed E-state index contributed by atoms with van der Waals surface area (Å²) >= 11 is 0. The molecule has 18 heavy (non-hydrogen) atoms. The van der Waals surface area contributed by atoms with E-state index in [2.05, 4.69) is 10.2 Å². The average molecular weight is 267 g/mol. The molecular formula is C11H13N3O3S. The number of rotatable bonds is 3. The molecular weight excluding hydrogens is 254 g/mol. The van der Waals surface area contributed by atoms with Crippen molar-refractivity contribution in [3.63, 3.8) is 0 Å². The number of hydrogen-bond acceptors (Lipinski definition) is 6. The molecule has 2 rings (SSSR count). The molecule has 7 heteroatoms. The molecule has 0 fully saturated rings. The van der Waals surface area contributed by atoms with Gasteiger partial charge in [-0.15, -0.1) is 5.10 Å². The summed E-state index contributed by atoms with van der Waals surface area (Å²) in [5.41, 5.74) is 5.95. The minimum absolute atomic E-state index is 0.0242. The van der Waals surface area contributed by atoms with Crippen LogP contribution in [0.3, 0.4) is 0 Å². The van der Waals surface area contributed by atoms with Crippen molar-refractivity contribution in [2.45, 2.75) is 24.0 Å². The highest BCUT2D eigenvalue weighted by Gasteiger charge is 2.19. The van der Waals surface area contributed by atoms with E-state index in [1.165, 1.54) is 12.1 Å². The Hall–Kier alpha value is -1.89. The molecule has 1 aromatic carbocycles. The Balaban J connectivity index is 2.37. The zero-order valence-corrected chi connectivity index (χ0v) is 10.8. The maximum atomic E-state index is 11.9. The fourth-order valence-electron chi connectivity index (χ4n) is 1.41. The third-order valence-corrected chi connectivity index (χ3v) is 4.66. The molecule has 0 aliphatic carbocycles. The van der Waals surface area contributed by atoms with E-state index >= 15 is 0 Å². The van der Waals surface area contributed by atoms with Crippen LogP contribution in [-0.4, -0.2) is 23.9 Å². The number of benzene rings is 1. The largest absolute Gasteiger partial charge is 0.404 e. The molecule has 2 aromatic rings. The van der Waals surface area contributed by atoms with Gasteiger partial charge in [-0.05, 0) is 38.1 Å². The molecule has 2 N–H and O–H groups in total. The van der Waals surface area contributed by atoms with Crippen LogP contribution in [-0.2, 0) is 9.84 Å². The van der Waals surface area contributed by atoms with Crippen LogP contribution in [0.4, 0.5) is 6.01 Å². The summed E-state index contributed by atoms with van der Waals surface area (Å²) in [7, 11) is -3.26. The van der Waals surface area contributed by atoms with Gasteiger partial charge in [-0.3, -0.25) is 0 Å². The van der Waals surface area contributed by atoms with E-state index in [9.17, 15) is 8.42 Å². The van der Waals surface area contributed by atoms with Crippen LogP contribution in [0.1, 0.15) is 13.8 Å². The first kappa shape index (κ1) is 12.6. The number of anilines is 1. The highest BCUT2D eigenvalue weighted by atomic mass is 32.2. The summed E-state index contributed by atoms with van der Waals surface area (Å²) in [6.07, 6.45) is 0. The lowest BCUT2D eigenvalue weighted by molar-refractivity contribution is 0.586. The van der Waals surface area contributed by atoms with Crippen LogP contribution in [0, 0.1) is 0 Å². The van der Waals surface area contributed by atoms with E-state index in [4.69, 9.17) is 10.2 Å². The molecule has 0 atom stereocenters. The molecule has 1 heterocycles. The number of aromatic nitrogens is 2. The first-order valence-electron chi connectivity index (χ1n) is 5.34. The van der Waals surface area contributed by atoms with Gasteiger partial charge in [0, 0.05) is 5.56 Å². The van der Waals surface area contributed by atoms with Crippen LogP contribution in [0.5, 0.6) is 0 Å². The van der Waals surface area contributed by atoms with Gasteiger partial charge in [0.1, 0.15) is 0 Å². The van der Waals surface area contributed by atoms with E-state index in [0.29, 0.717) is 5.56 Å². The minimum atomic E-state index is -3.26. The number of hydrogen-bond donors (Lipinski definition) is 1. The van der Waals surface area contributed by atoms with Gasteiger partial charge < -0.3 is 10.2 Å². The normalized spacial score (nSPS) is 11.9. The average Bonchev–Trinajstić information content (AvgIpc) is 2.76. The fraction of sp³-hybridized carbons (Fsp3) is 0.273. The lowest BCUT2D eigenvalue weighted by Crippen LogP contribution is -2.13. The molecule has 0 radical (unpaired) electrons. The lowest BCUT2D eigenvalue weighted by Gasteiger charge is -2.07. The van der Waals surface area contributed by atoms with Crippen LogP contribution >= 0.6 is 0 Å². The zero-order valence-electron chi connectivity index (χ0n) is 9.99. The second-order valence-electron chi connectivity index (χ2n) is 4.06. The van der Waals surface area contributed by atoms with Crippen molar-refractivity contribution in [3.05, 3.63) is 24.3 Å². The Morgan fingerprint density at radius 1 is 1.17 bits per heavy atom. The van der Waals surface area contributed by atoms with Crippen LogP contribution in [0.25, 0.3) is 11.5 Å². The van der Waals surface area contributed by atoms with Crippen LogP contribution < -0.4 is 5.73 Å².